The van der Waals surface area contributed by atoms with Gasteiger partial charge in [-0.1, -0.05) is 52.8 Å². The van der Waals surface area contributed by atoms with Crippen molar-refractivity contribution in [2.75, 3.05) is 11.5 Å². The van der Waals surface area contributed by atoms with Gasteiger partial charge in [-0.05, 0) is 24.0 Å². The molecule has 88 valence electrons. The molecule has 0 saturated carbocycles. The van der Waals surface area contributed by atoms with Gasteiger partial charge in [0.05, 0.1) is 10.8 Å². The molecular weight excluding hydrogens is 256 g/mol. The van der Waals surface area contributed by atoms with Crippen molar-refractivity contribution in [2.24, 2.45) is 0 Å². The van der Waals surface area contributed by atoms with E-state index in [1.165, 1.54) is 6.42 Å². The molecule has 0 aromatic heterocycles. The molecule has 0 fully saturated rings. The molecule has 1 aromatic rings. The van der Waals surface area contributed by atoms with Gasteiger partial charge in [0.15, 0.2) is 0 Å². The summed E-state index contributed by atoms with van der Waals surface area (Å²) in [6, 6.07) is 9.59. The van der Waals surface area contributed by atoms with Crippen molar-refractivity contribution >= 4 is 32.4 Å². The van der Waals surface area contributed by atoms with E-state index in [0.717, 1.165) is 10.6 Å². The Labute approximate surface area is 108 Å². The van der Waals surface area contributed by atoms with E-state index in [0.29, 0.717) is 5.75 Å². The fourth-order valence-corrected chi connectivity index (χ4v) is 3.83. The minimum Gasteiger partial charge on any atom is -0.254 e. The molecule has 0 spiro atoms. The highest BCUT2D eigenvalue weighted by molar-refractivity contribution is 8.77. The quantitative estimate of drug-likeness (QED) is 0.549. The Hall–Kier alpha value is -0.190. The van der Waals surface area contributed by atoms with E-state index in [9.17, 15) is 4.21 Å². The third-order valence-corrected chi connectivity index (χ3v) is 5.31. The normalized spacial score (nSPS) is 13.1. The van der Waals surface area contributed by atoms with E-state index in [1.807, 2.05) is 52.6 Å². The van der Waals surface area contributed by atoms with E-state index in [4.69, 9.17) is 0 Å². The molecule has 4 heteroatoms. The van der Waals surface area contributed by atoms with Crippen LogP contribution in [0.2, 0.25) is 0 Å². The van der Waals surface area contributed by atoms with Crippen molar-refractivity contribution in [3.63, 3.8) is 0 Å². The molecule has 0 amide bonds. The summed E-state index contributed by atoms with van der Waals surface area (Å²) in [7, 11) is 2.65. The Bertz CT molecular complexity index is 335. The highest BCUT2D eigenvalue weighted by atomic mass is 33.1. The average molecular weight is 272 g/mol. The summed E-state index contributed by atoms with van der Waals surface area (Å²) in [5.41, 5.74) is 0. The van der Waals surface area contributed by atoms with Gasteiger partial charge in [0, 0.05) is 16.4 Å². The van der Waals surface area contributed by atoms with Crippen molar-refractivity contribution < 1.29 is 4.21 Å². The van der Waals surface area contributed by atoms with Crippen LogP contribution in [0.25, 0.3) is 0 Å². The van der Waals surface area contributed by atoms with Gasteiger partial charge in [0.2, 0.25) is 0 Å². The Morgan fingerprint density at radius 3 is 2.75 bits per heavy atom. The van der Waals surface area contributed by atoms with Crippen LogP contribution in [0, 0.1) is 0 Å². The number of hydrogen-bond acceptors (Lipinski definition) is 3. The smallest absolute Gasteiger partial charge is 0.0568 e. The molecule has 0 saturated heterocycles. The lowest BCUT2D eigenvalue weighted by atomic mass is 10.4. The van der Waals surface area contributed by atoms with Crippen LogP contribution < -0.4 is 0 Å². The van der Waals surface area contributed by atoms with Gasteiger partial charge in [-0.15, -0.1) is 0 Å². The Kier molecular flexibility index (Phi) is 7.72. The van der Waals surface area contributed by atoms with Crippen LogP contribution in [0.5, 0.6) is 0 Å². The van der Waals surface area contributed by atoms with Crippen molar-refractivity contribution in [3.05, 3.63) is 41.8 Å². The van der Waals surface area contributed by atoms with E-state index in [1.54, 1.807) is 10.8 Å². The summed E-state index contributed by atoms with van der Waals surface area (Å²) in [5, 5.41) is 2.03. The molecule has 1 nitrogen and oxygen atoms in total. The highest BCUT2D eigenvalue weighted by Crippen LogP contribution is 2.22. The Balaban J connectivity index is 2.25. The lowest BCUT2D eigenvalue weighted by molar-refractivity contribution is 0.685. The van der Waals surface area contributed by atoms with Gasteiger partial charge < -0.3 is 0 Å². The maximum Gasteiger partial charge on any atom is 0.0568 e. The Morgan fingerprint density at radius 2 is 2.06 bits per heavy atom. The van der Waals surface area contributed by atoms with Crippen LogP contribution in [-0.2, 0) is 10.8 Å². The van der Waals surface area contributed by atoms with Crippen molar-refractivity contribution in [2.45, 2.75) is 18.2 Å². The summed E-state index contributed by atoms with van der Waals surface area (Å²) >= 11 is 0. The van der Waals surface area contributed by atoms with Gasteiger partial charge >= 0.3 is 0 Å². The molecule has 16 heavy (non-hydrogen) atoms. The summed E-state index contributed by atoms with van der Waals surface area (Å²) < 4.78 is 11.8. The molecule has 0 bridgehead atoms. The average Bonchev–Trinajstić information content (AvgIpc) is 2.34. The zero-order valence-corrected chi connectivity index (χ0v) is 11.7. The van der Waals surface area contributed by atoms with Crippen LogP contribution in [0.15, 0.2) is 46.7 Å². The molecule has 1 aromatic carbocycles. The largest absolute Gasteiger partial charge is 0.254 e. The SMILES string of the molecule is CCCSS/C=C\CS(=O)c1ccccc1. The maximum absolute atomic E-state index is 11.8. The topological polar surface area (TPSA) is 17.1 Å². The second kappa shape index (κ2) is 8.90. The van der Waals surface area contributed by atoms with E-state index < -0.39 is 10.8 Å². The minimum atomic E-state index is -0.900. The monoisotopic (exact) mass is 272 g/mol. The molecular formula is C12H16OS3. The molecule has 1 atom stereocenters. The number of rotatable bonds is 7. The first-order valence-electron chi connectivity index (χ1n) is 5.21. The molecule has 0 aliphatic carbocycles. The maximum atomic E-state index is 11.8. The predicted molar refractivity (Wildman–Crippen MR) is 77.2 cm³/mol. The minimum absolute atomic E-state index is 0.601. The zero-order valence-electron chi connectivity index (χ0n) is 9.30. The summed E-state index contributed by atoms with van der Waals surface area (Å²) in [6.45, 7) is 2.17. The molecule has 1 unspecified atom stereocenters. The first-order chi connectivity index (χ1) is 7.84. The lowest BCUT2D eigenvalue weighted by Gasteiger charge is -1.97. The van der Waals surface area contributed by atoms with Crippen molar-refractivity contribution in [3.8, 4) is 0 Å². The standard InChI is InChI=1S/C12H16OS3/c1-2-9-14-15-10-6-11-16(13)12-7-4-3-5-8-12/h3-8,10H,2,9,11H2,1H3/b10-6-. The first kappa shape index (κ1) is 13.9. The van der Waals surface area contributed by atoms with E-state index in [2.05, 4.69) is 6.92 Å². The molecule has 1 rings (SSSR count). The molecule has 0 radical (unpaired) electrons. The van der Waals surface area contributed by atoms with Gasteiger partial charge in [-0.25, -0.2) is 0 Å². The zero-order chi connectivity index (χ0) is 11.6. The second-order valence-corrected chi connectivity index (χ2v) is 7.00. The van der Waals surface area contributed by atoms with Crippen LogP contribution in [0.1, 0.15) is 13.3 Å². The van der Waals surface area contributed by atoms with Gasteiger partial charge in [-0.3, -0.25) is 4.21 Å². The van der Waals surface area contributed by atoms with Gasteiger partial charge in [0.1, 0.15) is 0 Å². The van der Waals surface area contributed by atoms with Crippen LogP contribution in [0.4, 0.5) is 0 Å². The van der Waals surface area contributed by atoms with Crippen LogP contribution in [0.3, 0.4) is 0 Å². The summed E-state index contributed by atoms with van der Waals surface area (Å²) in [5.74, 6) is 1.76. The fourth-order valence-electron chi connectivity index (χ4n) is 1.01. The molecule has 0 aliphatic rings. The third kappa shape index (κ3) is 5.77. The van der Waals surface area contributed by atoms with Crippen molar-refractivity contribution in [1.29, 1.82) is 0 Å². The number of benzene rings is 1. The number of hydrogen-bond donors (Lipinski definition) is 0. The first-order valence-corrected chi connectivity index (χ1v) is 8.91. The highest BCUT2D eigenvalue weighted by Gasteiger charge is 1.98. The van der Waals surface area contributed by atoms with E-state index in [-0.39, 0.29) is 0 Å². The summed E-state index contributed by atoms with van der Waals surface area (Å²) in [6.07, 6.45) is 3.18. The van der Waals surface area contributed by atoms with Crippen molar-refractivity contribution in [1.82, 2.24) is 0 Å². The van der Waals surface area contributed by atoms with Crippen LogP contribution >= 0.6 is 21.6 Å². The van der Waals surface area contributed by atoms with Gasteiger partial charge in [-0.2, -0.15) is 0 Å². The third-order valence-electron chi connectivity index (χ3n) is 1.76. The fraction of sp³-hybridized carbons (Fsp3) is 0.333. The Morgan fingerprint density at radius 1 is 1.31 bits per heavy atom. The molecule has 0 heterocycles. The molecule has 0 aliphatic heterocycles. The predicted octanol–water partition coefficient (Wildman–Crippen LogP) is 4.10. The van der Waals surface area contributed by atoms with Crippen LogP contribution in [-0.4, -0.2) is 15.7 Å². The molecule has 0 N–H and O–H groups in total. The summed E-state index contributed by atoms with van der Waals surface area (Å²) in [4.78, 5) is 0.901. The lowest BCUT2D eigenvalue weighted by Crippen LogP contribution is -1.93. The van der Waals surface area contributed by atoms with E-state index >= 15 is 0 Å². The second-order valence-electron chi connectivity index (χ2n) is 3.12. The van der Waals surface area contributed by atoms with Gasteiger partial charge in [0.25, 0.3) is 0 Å².